The van der Waals surface area contributed by atoms with Crippen LogP contribution in [-0.4, -0.2) is 80.3 Å². The number of anilines is 4. The van der Waals surface area contributed by atoms with Crippen molar-refractivity contribution < 1.29 is 5.11 Å². The van der Waals surface area contributed by atoms with Crippen molar-refractivity contribution in [2.45, 2.75) is 31.9 Å². The number of piperazine rings is 1. The van der Waals surface area contributed by atoms with Crippen LogP contribution in [0.15, 0.2) is 73.3 Å². The van der Waals surface area contributed by atoms with Gasteiger partial charge in [-0.15, -0.1) is 0 Å². The summed E-state index contributed by atoms with van der Waals surface area (Å²) in [4.78, 5) is 29.4. The van der Waals surface area contributed by atoms with Crippen molar-refractivity contribution in [3.63, 3.8) is 0 Å². The van der Waals surface area contributed by atoms with Crippen molar-refractivity contribution in [1.29, 1.82) is 0 Å². The van der Waals surface area contributed by atoms with Gasteiger partial charge in [-0.3, -0.25) is 4.90 Å². The fourth-order valence-electron chi connectivity index (χ4n) is 5.30. The first-order valence-electron chi connectivity index (χ1n) is 14.0. The van der Waals surface area contributed by atoms with Crippen LogP contribution in [0.2, 0.25) is 0 Å². The molecule has 2 aromatic carbocycles. The summed E-state index contributed by atoms with van der Waals surface area (Å²) in [7, 11) is 0. The molecule has 1 atom stereocenters. The molecule has 0 bridgehead atoms. The monoisotopic (exact) mass is 537 g/mol. The van der Waals surface area contributed by atoms with Crippen LogP contribution in [0.3, 0.4) is 0 Å². The Bertz CT molecular complexity index is 1360. The highest BCUT2D eigenvalue weighted by Crippen LogP contribution is 2.20. The Morgan fingerprint density at radius 1 is 0.750 bits per heavy atom. The van der Waals surface area contributed by atoms with E-state index in [0.717, 1.165) is 82.3 Å². The number of nitrogens with zero attached hydrogens (tertiary/aromatic N) is 8. The number of aliphatic hydroxyl groups is 1. The quantitative estimate of drug-likeness (QED) is 0.348. The normalized spacial score (nSPS) is 18.1. The zero-order valence-electron chi connectivity index (χ0n) is 22.6. The number of benzene rings is 2. The van der Waals surface area contributed by atoms with Crippen LogP contribution in [0.5, 0.6) is 0 Å². The minimum atomic E-state index is -0.208. The van der Waals surface area contributed by atoms with Crippen LogP contribution in [-0.2, 0) is 13.0 Å². The van der Waals surface area contributed by atoms with Gasteiger partial charge in [0.05, 0.1) is 6.10 Å². The molecule has 206 valence electrons. The number of aromatic nitrogens is 5. The van der Waals surface area contributed by atoms with Crippen LogP contribution < -0.4 is 15.1 Å². The lowest BCUT2D eigenvalue weighted by Gasteiger charge is -2.34. The highest BCUT2D eigenvalue weighted by atomic mass is 16.3. The molecular weight excluding hydrogens is 502 g/mol. The predicted octanol–water partition coefficient (Wildman–Crippen LogP) is 3.28. The Morgan fingerprint density at radius 3 is 2.20 bits per heavy atom. The third-order valence-electron chi connectivity index (χ3n) is 7.44. The summed E-state index contributed by atoms with van der Waals surface area (Å²) in [5.41, 5.74) is 4.52. The molecule has 2 aliphatic heterocycles. The average Bonchev–Trinajstić information content (AvgIpc) is 2.99. The third kappa shape index (κ3) is 6.70. The Morgan fingerprint density at radius 2 is 1.48 bits per heavy atom. The molecule has 6 rings (SSSR count). The summed E-state index contributed by atoms with van der Waals surface area (Å²) in [6, 6.07) is 18.7. The lowest BCUT2D eigenvalue weighted by molar-refractivity contribution is 0.0668. The van der Waals surface area contributed by atoms with Crippen molar-refractivity contribution in [1.82, 2.24) is 29.8 Å². The third-order valence-corrected chi connectivity index (χ3v) is 7.44. The molecule has 0 amide bonds. The van der Waals surface area contributed by atoms with E-state index >= 15 is 0 Å². The number of β-amino-alcohol motifs (C(OH)–C–C–N with tert-alkyl or cyclic N) is 1. The maximum Gasteiger partial charge on any atom is 0.231 e. The maximum absolute atomic E-state index is 9.92. The van der Waals surface area contributed by atoms with E-state index in [9.17, 15) is 5.11 Å². The van der Waals surface area contributed by atoms with Gasteiger partial charge in [-0.2, -0.15) is 4.98 Å². The van der Waals surface area contributed by atoms with Gasteiger partial charge in [-0.1, -0.05) is 42.5 Å². The summed E-state index contributed by atoms with van der Waals surface area (Å²) < 4.78 is 0. The molecule has 4 heterocycles. The second-order valence-electron chi connectivity index (χ2n) is 10.5. The lowest BCUT2D eigenvalue weighted by Crippen LogP contribution is -2.47. The molecule has 4 aromatic rings. The molecule has 40 heavy (non-hydrogen) atoms. The van der Waals surface area contributed by atoms with Gasteiger partial charge in [0.25, 0.3) is 0 Å². The summed E-state index contributed by atoms with van der Waals surface area (Å²) in [5.74, 6) is 1.95. The summed E-state index contributed by atoms with van der Waals surface area (Å²) >= 11 is 0. The molecule has 0 radical (unpaired) electrons. The highest BCUT2D eigenvalue weighted by molar-refractivity contribution is 5.54. The molecule has 0 unspecified atom stereocenters. The van der Waals surface area contributed by atoms with Crippen molar-refractivity contribution in [3.05, 3.63) is 90.0 Å². The Kier molecular flexibility index (Phi) is 8.06. The van der Waals surface area contributed by atoms with Crippen molar-refractivity contribution in [2.75, 3.05) is 54.4 Å². The Hall–Kier alpha value is -4.15. The van der Waals surface area contributed by atoms with E-state index in [1.54, 1.807) is 6.33 Å². The van der Waals surface area contributed by atoms with Crippen LogP contribution >= 0.6 is 0 Å². The minimum Gasteiger partial charge on any atom is -0.392 e. The minimum absolute atomic E-state index is 0.208. The molecule has 2 N–H and O–H groups in total. The van der Waals surface area contributed by atoms with Crippen LogP contribution in [0, 0.1) is 0 Å². The SMILES string of the molecule is O[C@@H]1CCCN(Cc2ccc(Nc3ncnc(N4CCN(c5ncc(Cc6ccccc6)cn5)CC4)n3)cc2)C1. The number of hydrogen-bond donors (Lipinski definition) is 2. The molecule has 10 nitrogen and oxygen atoms in total. The van der Waals surface area contributed by atoms with E-state index in [2.05, 4.69) is 81.3 Å². The first kappa shape index (κ1) is 26.1. The summed E-state index contributed by atoms with van der Waals surface area (Å²) in [6.45, 7) is 5.77. The van der Waals surface area contributed by atoms with Crippen LogP contribution in [0.4, 0.5) is 23.5 Å². The molecule has 0 saturated carbocycles. The van der Waals surface area contributed by atoms with Gasteiger partial charge in [0.15, 0.2) is 0 Å². The first-order chi connectivity index (χ1) is 19.7. The van der Waals surface area contributed by atoms with Gasteiger partial charge in [0.1, 0.15) is 6.33 Å². The zero-order chi connectivity index (χ0) is 27.1. The van der Waals surface area contributed by atoms with Gasteiger partial charge >= 0.3 is 0 Å². The number of nitrogens with one attached hydrogen (secondary N) is 1. The molecule has 2 aliphatic rings. The molecular formula is C30H35N9O. The van der Waals surface area contributed by atoms with Crippen molar-refractivity contribution >= 4 is 23.5 Å². The number of hydrogen-bond acceptors (Lipinski definition) is 10. The zero-order valence-corrected chi connectivity index (χ0v) is 22.6. The van der Waals surface area contributed by atoms with Gasteiger partial charge in [0, 0.05) is 63.8 Å². The van der Waals surface area contributed by atoms with Gasteiger partial charge < -0.3 is 20.2 Å². The number of aliphatic hydroxyl groups excluding tert-OH is 1. The second kappa shape index (κ2) is 12.4. The van der Waals surface area contributed by atoms with Gasteiger partial charge in [0.2, 0.25) is 17.8 Å². The fraction of sp³-hybridized carbons (Fsp3) is 0.367. The van der Waals surface area contributed by atoms with Crippen molar-refractivity contribution in [3.8, 4) is 0 Å². The van der Waals surface area contributed by atoms with E-state index < -0.39 is 0 Å². The van der Waals surface area contributed by atoms with Gasteiger partial charge in [-0.25, -0.2) is 19.9 Å². The number of rotatable bonds is 8. The lowest BCUT2D eigenvalue weighted by atomic mass is 10.1. The summed E-state index contributed by atoms with van der Waals surface area (Å²) in [5, 5.41) is 13.2. The number of likely N-dealkylation sites (tertiary alicyclic amines) is 1. The Labute approximate surface area is 234 Å². The number of piperidine rings is 1. The Balaban J connectivity index is 1.01. The van der Waals surface area contributed by atoms with E-state index in [4.69, 9.17) is 0 Å². The fourth-order valence-corrected chi connectivity index (χ4v) is 5.30. The van der Waals surface area contributed by atoms with Crippen LogP contribution in [0.25, 0.3) is 0 Å². The van der Waals surface area contributed by atoms with E-state index in [1.165, 1.54) is 11.1 Å². The van der Waals surface area contributed by atoms with E-state index in [-0.39, 0.29) is 6.10 Å². The van der Waals surface area contributed by atoms with Crippen LogP contribution in [0.1, 0.15) is 29.5 Å². The second-order valence-corrected chi connectivity index (χ2v) is 10.5. The largest absolute Gasteiger partial charge is 0.392 e. The molecule has 10 heteroatoms. The van der Waals surface area contributed by atoms with E-state index in [0.29, 0.717) is 11.9 Å². The van der Waals surface area contributed by atoms with Gasteiger partial charge in [-0.05, 0) is 48.2 Å². The highest BCUT2D eigenvalue weighted by Gasteiger charge is 2.21. The molecule has 2 saturated heterocycles. The predicted molar refractivity (Wildman–Crippen MR) is 156 cm³/mol. The molecule has 0 aliphatic carbocycles. The standard InChI is InChI=1S/C30H35N9O/c40-27-7-4-12-37(21-27)20-24-8-10-26(11-9-24)35-28-33-22-34-30(36-28)39-15-13-38(14-16-39)29-31-18-25(19-32-29)17-23-5-2-1-3-6-23/h1-3,5-6,8-11,18-19,22,27,40H,4,7,12-17,20-21H2,(H,33,34,35,36)/t27-/m1/s1. The first-order valence-corrected chi connectivity index (χ1v) is 14.0. The molecule has 2 aromatic heterocycles. The topological polar surface area (TPSA) is 106 Å². The average molecular weight is 538 g/mol. The van der Waals surface area contributed by atoms with E-state index in [1.807, 2.05) is 30.6 Å². The van der Waals surface area contributed by atoms with Crippen molar-refractivity contribution in [2.24, 2.45) is 0 Å². The molecule has 0 spiro atoms. The maximum atomic E-state index is 9.92. The summed E-state index contributed by atoms with van der Waals surface area (Å²) in [6.07, 6.45) is 7.99. The molecule has 2 fully saturated rings. The smallest absolute Gasteiger partial charge is 0.231 e.